The van der Waals surface area contributed by atoms with E-state index in [0.29, 0.717) is 18.5 Å². The van der Waals surface area contributed by atoms with Crippen molar-refractivity contribution in [1.29, 1.82) is 0 Å². The summed E-state index contributed by atoms with van der Waals surface area (Å²) in [6.07, 6.45) is 1.51. The maximum Gasteiger partial charge on any atom is 0.254 e. The molecule has 2 aromatic rings. The van der Waals surface area contributed by atoms with Crippen LogP contribution in [0.25, 0.3) is 0 Å². The number of likely N-dealkylation sites (N-methyl/N-ethyl adjacent to an activating group) is 1. The Kier molecular flexibility index (Phi) is 6.95. The van der Waals surface area contributed by atoms with E-state index in [0.717, 1.165) is 23.6 Å². The number of fused-ring (bicyclic) bond motifs is 1. The fraction of sp³-hybridized carbons (Fsp3) is 0.348. The van der Waals surface area contributed by atoms with Crippen molar-refractivity contribution in [3.8, 4) is 0 Å². The zero-order chi connectivity index (χ0) is 22.7. The highest BCUT2D eigenvalue weighted by Gasteiger charge is 2.36. The SMILES string of the molecule is CCCC(=O)Nc1ccc2c(c1)CN(C(=O)c1ccc(F)c(Cl)c1)C(C(=O)N(C)C)C2. The Morgan fingerprint density at radius 2 is 1.90 bits per heavy atom. The van der Waals surface area contributed by atoms with Crippen molar-refractivity contribution in [2.75, 3.05) is 19.4 Å². The van der Waals surface area contributed by atoms with Crippen LogP contribution in [0.5, 0.6) is 0 Å². The maximum absolute atomic E-state index is 13.6. The molecule has 0 fully saturated rings. The molecule has 0 bridgehead atoms. The Morgan fingerprint density at radius 3 is 2.55 bits per heavy atom. The van der Waals surface area contributed by atoms with E-state index in [9.17, 15) is 18.8 Å². The van der Waals surface area contributed by atoms with Crippen LogP contribution >= 0.6 is 11.6 Å². The molecule has 1 atom stereocenters. The summed E-state index contributed by atoms with van der Waals surface area (Å²) in [5.41, 5.74) is 2.64. The standard InChI is InChI=1S/C23H25ClFN3O3/c1-4-5-21(29)26-17-8-6-14-12-20(23(31)27(2)3)28(13-16(14)10-17)22(30)15-7-9-19(25)18(24)11-15/h6-11,20H,4-5,12-13H2,1-3H3,(H,26,29). The molecule has 164 valence electrons. The number of hydrogen-bond acceptors (Lipinski definition) is 3. The van der Waals surface area contributed by atoms with Crippen molar-refractivity contribution in [3.05, 3.63) is 63.9 Å². The normalized spacial score (nSPS) is 15.3. The molecule has 31 heavy (non-hydrogen) atoms. The number of carbonyl (C=O) groups excluding carboxylic acids is 3. The number of carbonyl (C=O) groups is 3. The third kappa shape index (κ3) is 5.05. The minimum Gasteiger partial charge on any atom is -0.347 e. The highest BCUT2D eigenvalue weighted by atomic mass is 35.5. The number of amides is 3. The molecule has 6 nitrogen and oxygen atoms in total. The molecule has 1 heterocycles. The molecule has 1 unspecified atom stereocenters. The van der Waals surface area contributed by atoms with Gasteiger partial charge in [-0.1, -0.05) is 24.6 Å². The monoisotopic (exact) mass is 445 g/mol. The molecule has 1 N–H and O–H groups in total. The van der Waals surface area contributed by atoms with Crippen molar-refractivity contribution in [2.24, 2.45) is 0 Å². The number of rotatable bonds is 5. The van der Waals surface area contributed by atoms with Crippen molar-refractivity contribution >= 4 is 35.0 Å². The first-order valence-electron chi connectivity index (χ1n) is 10.1. The lowest BCUT2D eigenvalue weighted by Crippen LogP contribution is -2.52. The van der Waals surface area contributed by atoms with E-state index in [1.165, 1.54) is 21.9 Å². The topological polar surface area (TPSA) is 69.7 Å². The first kappa shape index (κ1) is 22.7. The summed E-state index contributed by atoms with van der Waals surface area (Å²) in [6, 6.07) is 8.59. The lowest BCUT2D eigenvalue weighted by atomic mass is 9.92. The summed E-state index contributed by atoms with van der Waals surface area (Å²) in [6.45, 7) is 2.12. The maximum atomic E-state index is 13.6. The van der Waals surface area contributed by atoms with Gasteiger partial charge < -0.3 is 15.1 Å². The van der Waals surface area contributed by atoms with Gasteiger partial charge >= 0.3 is 0 Å². The van der Waals surface area contributed by atoms with Gasteiger partial charge in [-0.25, -0.2) is 4.39 Å². The molecule has 0 aliphatic carbocycles. The molecule has 0 saturated carbocycles. The number of benzene rings is 2. The first-order chi connectivity index (χ1) is 14.7. The smallest absolute Gasteiger partial charge is 0.254 e. The van der Waals surface area contributed by atoms with Crippen molar-refractivity contribution in [3.63, 3.8) is 0 Å². The zero-order valence-corrected chi connectivity index (χ0v) is 18.5. The summed E-state index contributed by atoms with van der Waals surface area (Å²) in [7, 11) is 3.28. The second-order valence-electron chi connectivity index (χ2n) is 7.80. The number of halogens is 2. The Morgan fingerprint density at radius 1 is 1.16 bits per heavy atom. The van der Waals surface area contributed by atoms with Gasteiger partial charge in [-0.05, 0) is 47.9 Å². The van der Waals surface area contributed by atoms with Crippen LogP contribution in [-0.4, -0.2) is 47.7 Å². The summed E-state index contributed by atoms with van der Waals surface area (Å²) < 4.78 is 13.6. The van der Waals surface area contributed by atoms with Crippen molar-refractivity contribution in [1.82, 2.24) is 9.80 Å². The molecule has 3 rings (SSSR count). The molecule has 1 aliphatic heterocycles. The van der Waals surface area contributed by atoms with Crippen LogP contribution in [0.4, 0.5) is 10.1 Å². The highest BCUT2D eigenvalue weighted by molar-refractivity contribution is 6.31. The molecule has 0 saturated heterocycles. The van der Waals surface area contributed by atoms with E-state index in [-0.39, 0.29) is 28.9 Å². The molecular weight excluding hydrogens is 421 g/mol. The van der Waals surface area contributed by atoms with Crippen molar-refractivity contribution in [2.45, 2.75) is 38.8 Å². The van der Waals surface area contributed by atoms with E-state index in [2.05, 4.69) is 5.32 Å². The van der Waals surface area contributed by atoms with Gasteiger partial charge in [0.1, 0.15) is 11.9 Å². The quantitative estimate of drug-likeness (QED) is 0.759. The highest BCUT2D eigenvalue weighted by Crippen LogP contribution is 2.29. The lowest BCUT2D eigenvalue weighted by molar-refractivity contribution is -0.134. The molecule has 0 spiro atoms. The Labute approximate surface area is 186 Å². The number of hydrogen-bond donors (Lipinski definition) is 1. The van der Waals surface area contributed by atoms with Crippen molar-refractivity contribution < 1.29 is 18.8 Å². The van der Waals surface area contributed by atoms with Crippen LogP contribution in [0.1, 0.15) is 41.3 Å². The largest absolute Gasteiger partial charge is 0.347 e. The summed E-state index contributed by atoms with van der Waals surface area (Å²) in [5.74, 6) is -1.30. The van der Waals surface area contributed by atoms with Gasteiger partial charge in [0.2, 0.25) is 11.8 Å². The summed E-state index contributed by atoms with van der Waals surface area (Å²) in [4.78, 5) is 41.0. The molecule has 0 radical (unpaired) electrons. The van der Waals surface area contributed by atoms with Gasteiger partial charge in [0.15, 0.2) is 0 Å². The van der Waals surface area contributed by atoms with Gasteiger partial charge in [0, 0.05) is 44.7 Å². The van der Waals surface area contributed by atoms with Crippen LogP contribution in [0.15, 0.2) is 36.4 Å². The molecular formula is C23H25ClFN3O3. The predicted molar refractivity (Wildman–Crippen MR) is 117 cm³/mol. The third-order valence-corrected chi connectivity index (χ3v) is 5.54. The Bertz CT molecular complexity index is 1030. The van der Waals surface area contributed by atoms with E-state index >= 15 is 0 Å². The van der Waals surface area contributed by atoms with E-state index in [1.807, 2.05) is 19.1 Å². The first-order valence-corrected chi connectivity index (χ1v) is 10.5. The second-order valence-corrected chi connectivity index (χ2v) is 8.20. The number of nitrogens with zero attached hydrogens (tertiary/aromatic N) is 2. The molecule has 8 heteroatoms. The summed E-state index contributed by atoms with van der Waals surface area (Å²) >= 11 is 5.86. The zero-order valence-electron chi connectivity index (χ0n) is 17.7. The van der Waals surface area contributed by atoms with Gasteiger partial charge in [-0.3, -0.25) is 14.4 Å². The van der Waals surface area contributed by atoms with Gasteiger partial charge in [-0.2, -0.15) is 0 Å². The van der Waals surface area contributed by atoms with Gasteiger partial charge in [0.05, 0.1) is 5.02 Å². The lowest BCUT2D eigenvalue weighted by Gasteiger charge is -2.37. The third-order valence-electron chi connectivity index (χ3n) is 5.25. The van der Waals surface area contributed by atoms with Crippen LogP contribution in [0, 0.1) is 5.82 Å². The minimum absolute atomic E-state index is 0.0761. The average Bonchev–Trinajstić information content (AvgIpc) is 2.73. The minimum atomic E-state index is -0.695. The molecule has 1 aliphatic rings. The fourth-order valence-corrected chi connectivity index (χ4v) is 3.82. The van der Waals surface area contributed by atoms with E-state index in [4.69, 9.17) is 11.6 Å². The van der Waals surface area contributed by atoms with Crippen LogP contribution in [0.2, 0.25) is 5.02 Å². The second kappa shape index (κ2) is 9.47. The van der Waals surface area contributed by atoms with E-state index in [1.54, 1.807) is 20.2 Å². The number of nitrogens with one attached hydrogen (secondary N) is 1. The number of anilines is 1. The van der Waals surface area contributed by atoms with Gasteiger partial charge in [-0.15, -0.1) is 0 Å². The Hall–Kier alpha value is -2.93. The predicted octanol–water partition coefficient (Wildman–Crippen LogP) is 3.87. The van der Waals surface area contributed by atoms with Gasteiger partial charge in [0.25, 0.3) is 5.91 Å². The van der Waals surface area contributed by atoms with Crippen LogP contribution < -0.4 is 5.32 Å². The molecule has 2 aromatic carbocycles. The molecule has 0 aromatic heterocycles. The van der Waals surface area contributed by atoms with E-state index < -0.39 is 17.8 Å². The van der Waals surface area contributed by atoms with Crippen LogP contribution in [0.3, 0.4) is 0 Å². The fourth-order valence-electron chi connectivity index (χ4n) is 3.64. The summed E-state index contributed by atoms with van der Waals surface area (Å²) in [5, 5.41) is 2.70. The molecule has 3 amide bonds. The average molecular weight is 446 g/mol. The Balaban J connectivity index is 1.95. The van der Waals surface area contributed by atoms with Crippen LogP contribution in [-0.2, 0) is 22.6 Å².